The van der Waals surface area contributed by atoms with Crippen molar-refractivity contribution in [3.63, 3.8) is 0 Å². The van der Waals surface area contributed by atoms with Gasteiger partial charge in [-0.05, 0) is 28.7 Å². The largest absolute Gasteiger partial charge is 0.480 e. The Kier molecular flexibility index (Phi) is 6.12. The molecule has 2 aromatic carbocycles. The molecule has 0 saturated heterocycles. The van der Waals surface area contributed by atoms with Crippen molar-refractivity contribution in [3.05, 3.63) is 71.4 Å². The Balaban J connectivity index is 1.45. The minimum absolute atomic E-state index is 0.00698. The molecule has 1 atom stereocenters. The number of hydrogen-bond acceptors (Lipinski definition) is 5. The van der Waals surface area contributed by atoms with Gasteiger partial charge in [0.1, 0.15) is 18.2 Å². The Morgan fingerprint density at radius 2 is 1.70 bits per heavy atom. The van der Waals surface area contributed by atoms with E-state index in [1.165, 1.54) is 10.9 Å². The minimum Gasteiger partial charge on any atom is -0.480 e. The molecule has 4 rings (SSSR count). The lowest BCUT2D eigenvalue weighted by Gasteiger charge is -2.15. The molecule has 2 amide bonds. The molecule has 0 bridgehead atoms. The highest BCUT2D eigenvalue weighted by Gasteiger charge is 2.29. The van der Waals surface area contributed by atoms with Crippen molar-refractivity contribution < 1.29 is 24.2 Å². The summed E-state index contributed by atoms with van der Waals surface area (Å²) in [5.41, 5.74) is 4.46. The minimum atomic E-state index is -1.14. The van der Waals surface area contributed by atoms with Crippen LogP contribution in [0, 0.1) is 0 Å². The Hall–Kier alpha value is -4.14. The van der Waals surface area contributed by atoms with Crippen molar-refractivity contribution in [2.45, 2.75) is 25.3 Å². The first-order valence-electron chi connectivity index (χ1n) is 10.6. The molecule has 33 heavy (non-hydrogen) atoms. The molecule has 9 heteroatoms. The Morgan fingerprint density at radius 1 is 1.09 bits per heavy atom. The topological polar surface area (TPSA) is 123 Å². The summed E-state index contributed by atoms with van der Waals surface area (Å²) in [6.07, 6.45) is 0.870. The SMILES string of the molecule is CCC(NC(=O)c1cn(C)nc1NC(=O)OCC1c2ccccc2-c2ccccc21)C(=O)O. The zero-order valence-corrected chi connectivity index (χ0v) is 18.2. The average Bonchev–Trinajstić information content (AvgIpc) is 3.33. The molecule has 0 aliphatic heterocycles. The van der Waals surface area contributed by atoms with E-state index in [9.17, 15) is 19.5 Å². The summed E-state index contributed by atoms with van der Waals surface area (Å²) in [5, 5.41) is 18.2. The number of nitrogens with zero attached hydrogens (tertiary/aromatic N) is 2. The van der Waals surface area contributed by atoms with Crippen molar-refractivity contribution in [1.82, 2.24) is 15.1 Å². The number of nitrogens with one attached hydrogen (secondary N) is 2. The fraction of sp³-hybridized carbons (Fsp3) is 0.250. The highest BCUT2D eigenvalue weighted by atomic mass is 16.5. The summed E-state index contributed by atoms with van der Waals surface area (Å²) in [4.78, 5) is 36.3. The summed E-state index contributed by atoms with van der Waals surface area (Å²) >= 11 is 0. The third-order valence-corrected chi connectivity index (χ3v) is 5.65. The molecule has 0 saturated carbocycles. The molecule has 1 aliphatic rings. The predicted molar refractivity (Wildman–Crippen MR) is 121 cm³/mol. The summed E-state index contributed by atoms with van der Waals surface area (Å²) in [5.74, 6) is -1.89. The van der Waals surface area contributed by atoms with Gasteiger partial charge in [0, 0.05) is 19.2 Å². The zero-order chi connectivity index (χ0) is 23.5. The number of carbonyl (C=O) groups excluding carboxylic acids is 2. The highest BCUT2D eigenvalue weighted by molar-refractivity contribution is 6.02. The zero-order valence-electron chi connectivity index (χ0n) is 18.2. The van der Waals surface area contributed by atoms with Crippen molar-refractivity contribution in [1.29, 1.82) is 0 Å². The number of carboxylic acids is 1. The fourth-order valence-electron chi connectivity index (χ4n) is 4.05. The van der Waals surface area contributed by atoms with Gasteiger partial charge in [0.2, 0.25) is 0 Å². The number of rotatable bonds is 7. The van der Waals surface area contributed by atoms with Gasteiger partial charge in [-0.15, -0.1) is 0 Å². The van der Waals surface area contributed by atoms with E-state index in [1.54, 1.807) is 14.0 Å². The number of fused-ring (bicyclic) bond motifs is 3. The number of aromatic nitrogens is 2. The van der Waals surface area contributed by atoms with E-state index in [2.05, 4.69) is 15.7 Å². The van der Waals surface area contributed by atoms with Gasteiger partial charge < -0.3 is 15.2 Å². The quantitative estimate of drug-likeness (QED) is 0.509. The summed E-state index contributed by atoms with van der Waals surface area (Å²) < 4.78 is 6.86. The van der Waals surface area contributed by atoms with E-state index in [0.717, 1.165) is 22.3 Å². The van der Waals surface area contributed by atoms with E-state index < -0.39 is 24.0 Å². The van der Waals surface area contributed by atoms with Crippen LogP contribution in [0.25, 0.3) is 11.1 Å². The van der Waals surface area contributed by atoms with Crippen LogP contribution in [-0.2, 0) is 16.6 Å². The van der Waals surface area contributed by atoms with Gasteiger partial charge in [0.25, 0.3) is 5.91 Å². The molecule has 0 spiro atoms. The summed E-state index contributed by atoms with van der Waals surface area (Å²) in [6.45, 7) is 1.77. The Morgan fingerprint density at radius 3 is 2.27 bits per heavy atom. The van der Waals surface area contributed by atoms with Gasteiger partial charge >= 0.3 is 12.1 Å². The molecule has 1 aliphatic carbocycles. The normalized spacial score (nSPS) is 13.0. The number of aryl methyl sites for hydroxylation is 1. The van der Waals surface area contributed by atoms with Crippen LogP contribution in [0.1, 0.15) is 40.7 Å². The molecule has 3 aromatic rings. The second kappa shape index (κ2) is 9.15. The van der Waals surface area contributed by atoms with Crippen LogP contribution < -0.4 is 10.6 Å². The Labute approximate surface area is 190 Å². The molecule has 9 nitrogen and oxygen atoms in total. The molecular formula is C24H24N4O5. The Bertz CT molecular complexity index is 1170. The molecule has 1 aromatic heterocycles. The smallest absolute Gasteiger partial charge is 0.412 e. The van der Waals surface area contributed by atoms with Crippen LogP contribution >= 0.6 is 0 Å². The second-order valence-electron chi connectivity index (χ2n) is 7.79. The highest BCUT2D eigenvalue weighted by Crippen LogP contribution is 2.44. The molecule has 0 fully saturated rings. The van der Waals surface area contributed by atoms with Crippen LogP contribution in [0.2, 0.25) is 0 Å². The van der Waals surface area contributed by atoms with Crippen LogP contribution in [-0.4, -0.2) is 45.5 Å². The van der Waals surface area contributed by atoms with Crippen LogP contribution in [0.15, 0.2) is 54.7 Å². The number of aliphatic carboxylic acids is 1. The average molecular weight is 448 g/mol. The molecule has 170 valence electrons. The predicted octanol–water partition coefficient (Wildman–Crippen LogP) is 3.37. The van der Waals surface area contributed by atoms with Crippen LogP contribution in [0.5, 0.6) is 0 Å². The number of benzene rings is 2. The third kappa shape index (κ3) is 4.43. The van der Waals surface area contributed by atoms with Crippen molar-refractivity contribution in [2.75, 3.05) is 11.9 Å². The number of anilines is 1. The summed E-state index contributed by atoms with van der Waals surface area (Å²) in [7, 11) is 1.59. The van der Waals surface area contributed by atoms with Crippen molar-refractivity contribution in [2.24, 2.45) is 7.05 Å². The van der Waals surface area contributed by atoms with Crippen LogP contribution in [0.3, 0.4) is 0 Å². The first kappa shape index (κ1) is 22.1. The molecule has 1 unspecified atom stereocenters. The first-order chi connectivity index (χ1) is 15.9. The van der Waals surface area contributed by atoms with Crippen LogP contribution in [0.4, 0.5) is 10.6 Å². The van der Waals surface area contributed by atoms with Gasteiger partial charge in [0.15, 0.2) is 5.82 Å². The van der Waals surface area contributed by atoms with E-state index in [0.29, 0.717) is 0 Å². The van der Waals surface area contributed by atoms with Gasteiger partial charge in [-0.25, -0.2) is 9.59 Å². The number of amides is 2. The monoisotopic (exact) mass is 448 g/mol. The number of ether oxygens (including phenoxy) is 1. The van der Waals surface area contributed by atoms with Gasteiger partial charge in [-0.3, -0.25) is 14.8 Å². The fourth-order valence-corrected chi connectivity index (χ4v) is 4.05. The molecule has 1 heterocycles. The molecule has 0 radical (unpaired) electrons. The lowest BCUT2D eigenvalue weighted by molar-refractivity contribution is -0.139. The van der Waals surface area contributed by atoms with E-state index >= 15 is 0 Å². The lowest BCUT2D eigenvalue weighted by atomic mass is 9.98. The van der Waals surface area contributed by atoms with E-state index in [4.69, 9.17) is 4.74 Å². The number of carboxylic acid groups (broad SMARTS) is 1. The van der Waals surface area contributed by atoms with Gasteiger partial charge in [-0.2, -0.15) is 5.10 Å². The van der Waals surface area contributed by atoms with Gasteiger partial charge in [-0.1, -0.05) is 55.5 Å². The second-order valence-corrected chi connectivity index (χ2v) is 7.79. The number of carbonyl (C=O) groups is 3. The lowest BCUT2D eigenvalue weighted by Crippen LogP contribution is -2.40. The standard InChI is InChI=1S/C24H24N4O5/c1-3-20(23(30)31)25-22(29)18-12-28(2)27-21(18)26-24(32)33-13-19-16-10-6-4-8-14(16)15-9-5-7-11-17(15)19/h4-12,19-20H,3,13H2,1-2H3,(H,25,29)(H,30,31)(H,26,27,32). The maximum absolute atomic E-state index is 12.6. The van der Waals surface area contributed by atoms with Crippen molar-refractivity contribution in [3.8, 4) is 11.1 Å². The third-order valence-electron chi connectivity index (χ3n) is 5.65. The number of hydrogen-bond donors (Lipinski definition) is 3. The first-order valence-corrected chi connectivity index (χ1v) is 10.6. The summed E-state index contributed by atoms with van der Waals surface area (Å²) in [6, 6.07) is 15.0. The molecule has 3 N–H and O–H groups in total. The van der Waals surface area contributed by atoms with E-state index in [1.807, 2.05) is 48.5 Å². The molecular weight excluding hydrogens is 424 g/mol. The van der Waals surface area contributed by atoms with Crippen molar-refractivity contribution >= 4 is 23.8 Å². The maximum atomic E-state index is 12.6. The van der Waals surface area contributed by atoms with Gasteiger partial charge in [0.05, 0.1) is 0 Å². The van der Waals surface area contributed by atoms with E-state index in [-0.39, 0.29) is 30.3 Å². The maximum Gasteiger partial charge on any atom is 0.412 e.